The van der Waals surface area contributed by atoms with Crippen LogP contribution in [-0.2, 0) is 4.79 Å². The average molecular weight is 445 g/mol. The lowest BCUT2D eigenvalue weighted by atomic mass is 9.87. The van der Waals surface area contributed by atoms with E-state index in [0.717, 1.165) is 22.0 Å². The molecule has 1 aliphatic rings. The van der Waals surface area contributed by atoms with Crippen LogP contribution >= 0.6 is 0 Å². The molecule has 5 rings (SSSR count). The van der Waals surface area contributed by atoms with Crippen LogP contribution in [0.5, 0.6) is 11.5 Å². The van der Waals surface area contributed by atoms with Gasteiger partial charge in [0.1, 0.15) is 18.5 Å². The highest BCUT2D eigenvalue weighted by molar-refractivity contribution is 5.86. The number of amides is 1. The molecule has 2 atom stereocenters. The highest BCUT2D eigenvalue weighted by Crippen LogP contribution is 2.35. The minimum Gasteiger partial charge on any atom is -0.486 e. The van der Waals surface area contributed by atoms with E-state index >= 15 is 0 Å². The van der Waals surface area contributed by atoms with Gasteiger partial charge in [0.05, 0.1) is 6.54 Å². The molecule has 0 bridgehead atoms. The number of aromatic nitrogens is 1. The molecule has 0 fully saturated rings. The molecule has 0 radical (unpaired) electrons. The summed E-state index contributed by atoms with van der Waals surface area (Å²) in [6.45, 7) is 2.59. The van der Waals surface area contributed by atoms with Gasteiger partial charge in [-0.3, -0.25) is 4.79 Å². The summed E-state index contributed by atoms with van der Waals surface area (Å²) in [6, 6.07) is 20.4. The molecule has 1 aromatic heterocycles. The fourth-order valence-electron chi connectivity index (χ4n) is 4.35. The molecule has 2 N–H and O–H groups in total. The van der Waals surface area contributed by atoms with E-state index in [2.05, 4.69) is 10.3 Å². The number of hydrogen-bond acceptors (Lipinski definition) is 3. The quantitative estimate of drug-likeness (QED) is 0.435. The second-order valence-corrected chi connectivity index (χ2v) is 8.37. The van der Waals surface area contributed by atoms with E-state index in [9.17, 15) is 9.18 Å². The molecule has 1 aliphatic heterocycles. The number of hydrogen-bond donors (Lipinski definition) is 2. The van der Waals surface area contributed by atoms with E-state index in [1.807, 2.05) is 67.7 Å². The zero-order valence-electron chi connectivity index (χ0n) is 18.3. The molecule has 3 aromatic carbocycles. The Morgan fingerprint density at radius 3 is 2.76 bits per heavy atom. The number of nitrogens with one attached hydrogen (secondary N) is 2. The number of para-hydroxylation sites is 3. The number of ether oxygens (including phenoxy) is 2. The second kappa shape index (κ2) is 8.98. The molecule has 0 spiro atoms. The minimum atomic E-state index is -0.426. The summed E-state index contributed by atoms with van der Waals surface area (Å²) >= 11 is 0. The molecule has 0 saturated carbocycles. The first-order valence-corrected chi connectivity index (χ1v) is 11.1. The SMILES string of the molecule is Cc1ccc(F)c([C@H](CC(=O)NC[C@H]2COc3ccccc3O2)c2c[nH]c3ccccc23)c1. The van der Waals surface area contributed by atoms with Gasteiger partial charge in [-0.2, -0.15) is 0 Å². The van der Waals surface area contributed by atoms with E-state index in [0.29, 0.717) is 30.2 Å². The van der Waals surface area contributed by atoms with Crippen LogP contribution in [0.3, 0.4) is 0 Å². The summed E-state index contributed by atoms with van der Waals surface area (Å²) in [6.07, 6.45) is 1.71. The van der Waals surface area contributed by atoms with Crippen LogP contribution in [0.2, 0.25) is 0 Å². The van der Waals surface area contributed by atoms with Crippen LogP contribution in [0, 0.1) is 12.7 Å². The first-order valence-electron chi connectivity index (χ1n) is 11.1. The largest absolute Gasteiger partial charge is 0.486 e. The monoisotopic (exact) mass is 444 g/mol. The topological polar surface area (TPSA) is 63.4 Å². The van der Waals surface area contributed by atoms with Gasteiger partial charge in [-0.15, -0.1) is 0 Å². The van der Waals surface area contributed by atoms with Crippen LogP contribution in [0.1, 0.15) is 29.0 Å². The Bertz CT molecular complexity index is 1300. The average Bonchev–Trinajstić information content (AvgIpc) is 3.27. The van der Waals surface area contributed by atoms with E-state index in [1.165, 1.54) is 6.07 Å². The van der Waals surface area contributed by atoms with Crippen molar-refractivity contribution >= 4 is 16.8 Å². The predicted molar refractivity (Wildman–Crippen MR) is 125 cm³/mol. The third-order valence-corrected chi connectivity index (χ3v) is 6.01. The lowest BCUT2D eigenvalue weighted by Gasteiger charge is -2.27. The highest BCUT2D eigenvalue weighted by atomic mass is 19.1. The highest BCUT2D eigenvalue weighted by Gasteiger charge is 2.26. The van der Waals surface area contributed by atoms with Crippen LogP contribution in [0.25, 0.3) is 10.9 Å². The number of carbonyl (C=O) groups is 1. The summed E-state index contributed by atoms with van der Waals surface area (Å²) in [5, 5.41) is 3.93. The maximum absolute atomic E-state index is 14.9. The zero-order chi connectivity index (χ0) is 22.8. The van der Waals surface area contributed by atoms with Crippen LogP contribution in [0.15, 0.2) is 72.9 Å². The number of H-pyrrole nitrogens is 1. The summed E-state index contributed by atoms with van der Waals surface area (Å²) in [4.78, 5) is 16.3. The molecule has 1 amide bonds. The number of benzene rings is 3. The number of fused-ring (bicyclic) bond motifs is 2. The maximum atomic E-state index is 14.9. The number of aryl methyl sites for hydroxylation is 1. The Kier molecular flexibility index (Phi) is 5.73. The van der Waals surface area contributed by atoms with Gasteiger partial charge in [-0.05, 0) is 42.3 Å². The van der Waals surface area contributed by atoms with Crippen molar-refractivity contribution in [3.8, 4) is 11.5 Å². The Morgan fingerprint density at radius 1 is 1.09 bits per heavy atom. The van der Waals surface area contributed by atoms with Crippen LogP contribution in [0.4, 0.5) is 4.39 Å². The van der Waals surface area contributed by atoms with E-state index < -0.39 is 5.92 Å². The molecular weight excluding hydrogens is 419 g/mol. The van der Waals surface area contributed by atoms with Gasteiger partial charge < -0.3 is 19.8 Å². The molecule has 33 heavy (non-hydrogen) atoms. The third-order valence-electron chi connectivity index (χ3n) is 6.01. The molecule has 4 aromatic rings. The first-order chi connectivity index (χ1) is 16.1. The Morgan fingerprint density at radius 2 is 1.88 bits per heavy atom. The molecule has 0 unspecified atom stereocenters. The number of rotatable bonds is 6. The van der Waals surface area contributed by atoms with Crippen molar-refractivity contribution in [2.45, 2.75) is 25.4 Å². The van der Waals surface area contributed by atoms with Crippen molar-refractivity contribution < 1.29 is 18.7 Å². The van der Waals surface area contributed by atoms with Crippen LogP contribution < -0.4 is 14.8 Å². The normalized spacial score (nSPS) is 15.9. The van der Waals surface area contributed by atoms with Gasteiger partial charge in [-0.25, -0.2) is 4.39 Å². The Hall–Kier alpha value is -3.80. The van der Waals surface area contributed by atoms with Crippen molar-refractivity contribution in [2.24, 2.45) is 0 Å². The van der Waals surface area contributed by atoms with Gasteiger partial charge in [0, 0.05) is 29.4 Å². The summed E-state index contributed by atoms with van der Waals surface area (Å²) in [7, 11) is 0. The summed E-state index contributed by atoms with van der Waals surface area (Å²) in [5.74, 6) is 0.458. The van der Waals surface area contributed by atoms with Gasteiger partial charge in [0.15, 0.2) is 11.5 Å². The molecule has 6 heteroatoms. The third kappa shape index (κ3) is 4.42. The first kappa shape index (κ1) is 21.1. The van der Waals surface area contributed by atoms with Crippen molar-refractivity contribution in [1.82, 2.24) is 10.3 Å². The van der Waals surface area contributed by atoms with E-state index in [4.69, 9.17) is 9.47 Å². The molecule has 0 aliphatic carbocycles. The van der Waals surface area contributed by atoms with Gasteiger partial charge >= 0.3 is 0 Å². The van der Waals surface area contributed by atoms with E-state index in [-0.39, 0.29) is 24.2 Å². The fraction of sp³-hybridized carbons (Fsp3) is 0.222. The standard InChI is InChI=1S/C27H25FN2O3/c1-17-10-11-23(28)21(12-17)20(22-15-29-24-7-3-2-6-19(22)24)13-27(31)30-14-18-16-32-25-8-4-5-9-26(25)33-18/h2-12,15,18,20,29H,13-14,16H2,1H3,(H,30,31)/t18-,20-/m0/s1. The summed E-state index contributed by atoms with van der Waals surface area (Å²) in [5.41, 5.74) is 3.32. The minimum absolute atomic E-state index is 0.117. The van der Waals surface area contributed by atoms with Gasteiger partial charge in [0.25, 0.3) is 0 Å². The van der Waals surface area contributed by atoms with Crippen molar-refractivity contribution in [3.05, 3.63) is 95.4 Å². The van der Waals surface area contributed by atoms with Gasteiger partial charge in [0.2, 0.25) is 5.91 Å². The van der Waals surface area contributed by atoms with Crippen LogP contribution in [-0.4, -0.2) is 30.1 Å². The maximum Gasteiger partial charge on any atom is 0.221 e. The number of halogens is 1. The number of carbonyl (C=O) groups excluding carboxylic acids is 1. The van der Waals surface area contributed by atoms with Crippen molar-refractivity contribution in [2.75, 3.05) is 13.2 Å². The Balaban J connectivity index is 1.35. The zero-order valence-corrected chi connectivity index (χ0v) is 18.3. The number of aromatic amines is 1. The van der Waals surface area contributed by atoms with E-state index in [1.54, 1.807) is 6.07 Å². The van der Waals surface area contributed by atoms with Crippen molar-refractivity contribution in [1.29, 1.82) is 0 Å². The molecule has 168 valence electrons. The van der Waals surface area contributed by atoms with Gasteiger partial charge in [-0.1, -0.05) is 48.0 Å². The lowest BCUT2D eigenvalue weighted by Crippen LogP contribution is -2.41. The Labute approximate surface area is 191 Å². The predicted octanol–water partition coefficient (Wildman–Crippen LogP) is 5.09. The fourth-order valence-corrected chi connectivity index (χ4v) is 4.35. The molecule has 0 saturated heterocycles. The summed E-state index contributed by atoms with van der Waals surface area (Å²) < 4.78 is 26.6. The molecule has 2 heterocycles. The molecular formula is C27H25FN2O3. The smallest absolute Gasteiger partial charge is 0.221 e. The lowest BCUT2D eigenvalue weighted by molar-refractivity contribution is -0.121. The molecule has 5 nitrogen and oxygen atoms in total. The van der Waals surface area contributed by atoms with Crippen molar-refractivity contribution in [3.63, 3.8) is 0 Å². The second-order valence-electron chi connectivity index (χ2n) is 8.37.